The highest BCUT2D eigenvalue weighted by molar-refractivity contribution is 5.99. The first-order valence-corrected chi connectivity index (χ1v) is 11.0. The highest BCUT2D eigenvalue weighted by Crippen LogP contribution is 2.37. The van der Waals surface area contributed by atoms with Gasteiger partial charge in [0.05, 0.1) is 5.39 Å². The van der Waals surface area contributed by atoms with Gasteiger partial charge >= 0.3 is 0 Å². The van der Waals surface area contributed by atoms with Gasteiger partial charge in [-0.1, -0.05) is 6.07 Å². The number of nitrogens with one attached hydrogen (secondary N) is 3. The molecular weight excluding hydrogens is 402 g/mol. The molecule has 7 heteroatoms. The maximum absolute atomic E-state index is 12.2. The van der Waals surface area contributed by atoms with E-state index >= 15 is 0 Å². The summed E-state index contributed by atoms with van der Waals surface area (Å²) in [6, 6.07) is 12.0. The van der Waals surface area contributed by atoms with Gasteiger partial charge < -0.3 is 20.4 Å². The van der Waals surface area contributed by atoms with Gasteiger partial charge in [0.1, 0.15) is 23.0 Å². The third-order valence-corrected chi connectivity index (χ3v) is 6.10. The number of aromatic amines is 1. The van der Waals surface area contributed by atoms with Gasteiger partial charge in [-0.15, -0.1) is 0 Å². The van der Waals surface area contributed by atoms with Crippen molar-refractivity contribution < 1.29 is 9.53 Å². The Morgan fingerprint density at radius 2 is 1.97 bits per heavy atom. The van der Waals surface area contributed by atoms with Crippen LogP contribution in [0, 0.1) is 5.92 Å². The molecule has 32 heavy (non-hydrogen) atoms. The lowest BCUT2D eigenvalue weighted by molar-refractivity contribution is -0.117. The van der Waals surface area contributed by atoms with E-state index < -0.39 is 0 Å². The maximum atomic E-state index is 12.2. The van der Waals surface area contributed by atoms with Crippen LogP contribution in [0.5, 0.6) is 11.5 Å². The van der Waals surface area contributed by atoms with E-state index in [1.54, 1.807) is 12.4 Å². The number of benzene rings is 1. The highest BCUT2D eigenvalue weighted by Gasteiger charge is 2.29. The first-order chi connectivity index (χ1) is 15.7. The number of aromatic nitrogens is 3. The minimum atomic E-state index is 0.0427. The van der Waals surface area contributed by atoms with Crippen LogP contribution in [0.25, 0.3) is 22.2 Å². The minimum absolute atomic E-state index is 0.0427. The van der Waals surface area contributed by atoms with Crippen LogP contribution in [0.2, 0.25) is 0 Å². The predicted molar refractivity (Wildman–Crippen MR) is 123 cm³/mol. The average molecular weight is 425 g/mol. The van der Waals surface area contributed by atoms with E-state index in [4.69, 9.17) is 4.74 Å². The van der Waals surface area contributed by atoms with Crippen molar-refractivity contribution in [1.82, 2.24) is 20.3 Å². The van der Waals surface area contributed by atoms with Crippen molar-refractivity contribution in [3.05, 3.63) is 66.1 Å². The van der Waals surface area contributed by atoms with Gasteiger partial charge in [-0.25, -0.2) is 9.97 Å². The molecule has 0 radical (unpaired) electrons. The number of amides is 1. The van der Waals surface area contributed by atoms with Crippen LogP contribution in [-0.2, 0) is 17.8 Å². The van der Waals surface area contributed by atoms with Crippen LogP contribution in [0.1, 0.15) is 24.0 Å². The van der Waals surface area contributed by atoms with Crippen LogP contribution in [-0.4, -0.2) is 27.4 Å². The average Bonchev–Trinajstić information content (AvgIpc) is 3.58. The Labute approximate surface area is 185 Å². The van der Waals surface area contributed by atoms with Crippen molar-refractivity contribution in [2.75, 3.05) is 11.9 Å². The third-order valence-electron chi connectivity index (χ3n) is 6.10. The number of carbonyl (C=O) groups excluding carboxylic acids is 1. The van der Waals surface area contributed by atoms with Crippen LogP contribution in [0.3, 0.4) is 0 Å². The molecule has 4 heterocycles. The van der Waals surface area contributed by atoms with Gasteiger partial charge in [-0.2, -0.15) is 0 Å². The van der Waals surface area contributed by atoms with E-state index in [-0.39, 0.29) is 11.8 Å². The van der Waals surface area contributed by atoms with Crippen molar-refractivity contribution >= 4 is 22.8 Å². The Morgan fingerprint density at radius 1 is 1.06 bits per heavy atom. The molecule has 6 rings (SSSR count). The zero-order valence-corrected chi connectivity index (χ0v) is 17.5. The molecule has 4 aromatic rings. The topological polar surface area (TPSA) is 91.9 Å². The van der Waals surface area contributed by atoms with Crippen LogP contribution >= 0.6 is 0 Å². The van der Waals surface area contributed by atoms with E-state index in [2.05, 4.69) is 37.7 Å². The fourth-order valence-corrected chi connectivity index (χ4v) is 4.23. The summed E-state index contributed by atoms with van der Waals surface area (Å²) >= 11 is 0. The largest absolute Gasteiger partial charge is 0.457 e. The molecule has 160 valence electrons. The fraction of sp³-hybridized carbons (Fsp3) is 0.240. The SMILES string of the molecule is O=C(Nc1cc(-c2c[nH]c3nccc(Oc4ccc5c(c4)CNCC5)c23)ccn1)C1CC1. The van der Waals surface area contributed by atoms with Crippen LogP contribution in [0.15, 0.2) is 55.0 Å². The number of rotatable bonds is 5. The molecule has 2 aliphatic rings. The summed E-state index contributed by atoms with van der Waals surface area (Å²) in [7, 11) is 0. The number of ether oxygens (including phenoxy) is 1. The summed E-state index contributed by atoms with van der Waals surface area (Å²) in [6.45, 7) is 1.87. The maximum Gasteiger partial charge on any atom is 0.228 e. The number of hydrogen-bond donors (Lipinski definition) is 3. The summed E-state index contributed by atoms with van der Waals surface area (Å²) in [5.74, 6) is 2.27. The quantitative estimate of drug-likeness (QED) is 0.440. The number of carbonyl (C=O) groups is 1. The second-order valence-corrected chi connectivity index (χ2v) is 8.39. The van der Waals surface area contributed by atoms with Gasteiger partial charge in [0.15, 0.2) is 0 Å². The molecule has 0 spiro atoms. The number of H-pyrrole nitrogens is 1. The summed E-state index contributed by atoms with van der Waals surface area (Å²) < 4.78 is 6.34. The first kappa shape index (κ1) is 19.0. The summed E-state index contributed by atoms with van der Waals surface area (Å²) in [6.07, 6.45) is 8.33. The molecule has 0 saturated heterocycles. The van der Waals surface area contributed by atoms with Crippen molar-refractivity contribution in [2.45, 2.75) is 25.8 Å². The lowest BCUT2D eigenvalue weighted by Crippen LogP contribution is -2.23. The zero-order valence-electron chi connectivity index (χ0n) is 17.5. The summed E-state index contributed by atoms with van der Waals surface area (Å²) in [5.41, 5.74) is 5.28. The second-order valence-electron chi connectivity index (χ2n) is 8.39. The van der Waals surface area contributed by atoms with Crippen molar-refractivity contribution in [3.8, 4) is 22.6 Å². The molecule has 0 bridgehead atoms. The van der Waals surface area contributed by atoms with Gasteiger partial charge in [0.25, 0.3) is 0 Å². The Kier molecular flexibility index (Phi) is 4.61. The number of pyridine rings is 2. The highest BCUT2D eigenvalue weighted by atomic mass is 16.5. The molecule has 3 aromatic heterocycles. The Morgan fingerprint density at radius 3 is 2.88 bits per heavy atom. The van der Waals surface area contributed by atoms with E-state index in [9.17, 15) is 4.79 Å². The predicted octanol–water partition coefficient (Wildman–Crippen LogP) is 4.41. The smallest absolute Gasteiger partial charge is 0.228 e. The van der Waals surface area contributed by atoms with E-state index in [0.717, 1.165) is 66.0 Å². The second kappa shape index (κ2) is 7.76. The van der Waals surface area contributed by atoms with E-state index in [1.807, 2.05) is 30.5 Å². The zero-order chi connectivity index (χ0) is 21.5. The Bertz CT molecular complexity index is 1330. The molecule has 7 nitrogen and oxygen atoms in total. The van der Waals surface area contributed by atoms with E-state index in [0.29, 0.717) is 5.82 Å². The molecule has 1 aromatic carbocycles. The molecule has 1 saturated carbocycles. The van der Waals surface area contributed by atoms with Crippen LogP contribution in [0.4, 0.5) is 5.82 Å². The Hall–Kier alpha value is -3.71. The molecule has 0 unspecified atom stereocenters. The number of hydrogen-bond acceptors (Lipinski definition) is 5. The normalized spacial score (nSPS) is 15.4. The standard InChI is InChI=1S/C25H23N5O2/c31-25(16-1-2-16)30-22-12-17(6-9-27-22)20-14-29-24-23(20)21(7-10-28-24)32-19-4-3-15-5-8-26-13-18(15)11-19/h3-4,6-7,9-12,14,16,26H,1-2,5,8,13H2,(H,28,29)(H,27,30,31). The van der Waals surface area contributed by atoms with Gasteiger partial charge in [0, 0.05) is 36.6 Å². The van der Waals surface area contributed by atoms with Gasteiger partial charge in [-0.3, -0.25) is 4.79 Å². The fourth-order valence-electron chi connectivity index (χ4n) is 4.23. The monoisotopic (exact) mass is 425 g/mol. The number of anilines is 1. The summed E-state index contributed by atoms with van der Waals surface area (Å²) in [5, 5.41) is 7.23. The Balaban J connectivity index is 1.35. The van der Waals surface area contributed by atoms with Crippen molar-refractivity contribution in [3.63, 3.8) is 0 Å². The molecule has 3 N–H and O–H groups in total. The molecule has 0 atom stereocenters. The molecule has 1 aliphatic heterocycles. The van der Waals surface area contributed by atoms with Crippen molar-refractivity contribution in [1.29, 1.82) is 0 Å². The van der Waals surface area contributed by atoms with Crippen molar-refractivity contribution in [2.24, 2.45) is 5.92 Å². The number of fused-ring (bicyclic) bond motifs is 2. The van der Waals surface area contributed by atoms with Crippen LogP contribution < -0.4 is 15.4 Å². The summed E-state index contributed by atoms with van der Waals surface area (Å²) in [4.78, 5) is 24.2. The van der Waals surface area contributed by atoms with Gasteiger partial charge in [0.2, 0.25) is 5.91 Å². The lowest BCUT2D eigenvalue weighted by atomic mass is 10.0. The molecular formula is C25H23N5O2. The molecule has 1 fully saturated rings. The molecule has 1 aliphatic carbocycles. The van der Waals surface area contributed by atoms with E-state index in [1.165, 1.54) is 11.1 Å². The lowest BCUT2D eigenvalue weighted by Gasteiger charge is -2.18. The van der Waals surface area contributed by atoms with Gasteiger partial charge in [-0.05, 0) is 72.8 Å². The minimum Gasteiger partial charge on any atom is -0.457 e. The third kappa shape index (κ3) is 3.61. The first-order valence-electron chi connectivity index (χ1n) is 11.0. The number of nitrogens with zero attached hydrogens (tertiary/aromatic N) is 2. The molecule has 1 amide bonds.